The van der Waals surface area contributed by atoms with Crippen molar-refractivity contribution >= 4 is 27.5 Å². The molecule has 3 rings (SSSR count). The lowest BCUT2D eigenvalue weighted by atomic mass is 10.1. The highest BCUT2D eigenvalue weighted by atomic mass is 79.9. The molecule has 3 aromatic carbocycles. The van der Waals surface area contributed by atoms with Gasteiger partial charge in [0, 0.05) is 4.47 Å². The number of anilines is 1. The number of ether oxygens (including phenoxy) is 3. The van der Waals surface area contributed by atoms with Gasteiger partial charge in [-0.1, -0.05) is 60.1 Å². The van der Waals surface area contributed by atoms with E-state index in [1.807, 2.05) is 54.6 Å². The Morgan fingerprint density at radius 1 is 0.871 bits per heavy atom. The van der Waals surface area contributed by atoms with Crippen molar-refractivity contribution in [1.29, 1.82) is 0 Å². The molecule has 0 aliphatic carbocycles. The molecule has 0 fully saturated rings. The Labute approximate surface area is 191 Å². The summed E-state index contributed by atoms with van der Waals surface area (Å²) in [6.07, 6.45) is 0. The van der Waals surface area contributed by atoms with Crippen molar-refractivity contribution in [2.45, 2.75) is 13.8 Å². The van der Waals surface area contributed by atoms with Crippen molar-refractivity contribution in [3.63, 3.8) is 0 Å². The van der Waals surface area contributed by atoms with Gasteiger partial charge < -0.3 is 19.5 Å². The molecule has 0 spiro atoms. The summed E-state index contributed by atoms with van der Waals surface area (Å²) in [7, 11) is 0. The Kier molecular flexibility index (Phi) is 8.35. The lowest BCUT2D eigenvalue weighted by Gasteiger charge is -2.15. The van der Waals surface area contributed by atoms with Crippen LogP contribution in [0.1, 0.15) is 24.2 Å². The third-order valence-electron chi connectivity index (χ3n) is 4.25. The Balaban J connectivity index is 1.65. The summed E-state index contributed by atoms with van der Waals surface area (Å²) in [5.41, 5.74) is 1.04. The van der Waals surface area contributed by atoms with Crippen LogP contribution in [0.3, 0.4) is 0 Å². The molecule has 3 aromatic rings. The number of rotatable bonds is 10. The summed E-state index contributed by atoms with van der Waals surface area (Å²) in [5, 5.41) is 2.94. The third-order valence-corrected chi connectivity index (χ3v) is 4.74. The van der Waals surface area contributed by atoms with Crippen LogP contribution in [0.5, 0.6) is 17.2 Å². The van der Waals surface area contributed by atoms with Gasteiger partial charge in [-0.15, -0.1) is 0 Å². The smallest absolute Gasteiger partial charge is 0.259 e. The van der Waals surface area contributed by atoms with E-state index >= 15 is 0 Å². The highest BCUT2D eigenvalue weighted by Crippen LogP contribution is 2.28. The zero-order valence-electron chi connectivity index (χ0n) is 17.6. The average molecular weight is 484 g/mol. The molecule has 0 unspecified atom stereocenters. The molecule has 0 saturated heterocycles. The van der Waals surface area contributed by atoms with E-state index < -0.39 is 0 Å². The van der Waals surface area contributed by atoms with Gasteiger partial charge in [-0.05, 0) is 48.4 Å². The van der Waals surface area contributed by atoms with Crippen LogP contribution in [-0.4, -0.2) is 25.7 Å². The van der Waals surface area contributed by atoms with Gasteiger partial charge in [-0.25, -0.2) is 0 Å². The Hall–Kier alpha value is -2.99. The van der Waals surface area contributed by atoms with Crippen LogP contribution in [0.25, 0.3) is 0 Å². The van der Waals surface area contributed by atoms with Gasteiger partial charge in [-0.2, -0.15) is 0 Å². The number of para-hydroxylation sites is 3. The van der Waals surface area contributed by atoms with Crippen molar-refractivity contribution in [2.24, 2.45) is 5.92 Å². The van der Waals surface area contributed by atoms with E-state index in [4.69, 9.17) is 14.2 Å². The average Bonchev–Trinajstić information content (AvgIpc) is 2.77. The minimum atomic E-state index is -0.267. The quantitative estimate of drug-likeness (QED) is 0.349. The second-order valence-corrected chi connectivity index (χ2v) is 8.22. The van der Waals surface area contributed by atoms with Crippen molar-refractivity contribution in [2.75, 3.05) is 25.1 Å². The first-order valence-corrected chi connectivity index (χ1v) is 11.0. The zero-order chi connectivity index (χ0) is 22.1. The predicted octanol–water partition coefficient (Wildman–Crippen LogP) is 6.19. The molecule has 0 radical (unpaired) electrons. The second kappa shape index (κ2) is 11.4. The van der Waals surface area contributed by atoms with E-state index in [1.54, 1.807) is 18.2 Å². The Bertz CT molecular complexity index is 992. The first-order chi connectivity index (χ1) is 15.0. The molecule has 1 amide bonds. The second-order valence-electron chi connectivity index (χ2n) is 7.31. The van der Waals surface area contributed by atoms with Crippen LogP contribution >= 0.6 is 15.9 Å². The third kappa shape index (κ3) is 7.03. The van der Waals surface area contributed by atoms with Crippen LogP contribution in [0.4, 0.5) is 5.69 Å². The van der Waals surface area contributed by atoms with Crippen molar-refractivity contribution in [1.82, 2.24) is 0 Å². The summed E-state index contributed by atoms with van der Waals surface area (Å²) in [6.45, 7) is 5.40. The van der Waals surface area contributed by atoms with Crippen molar-refractivity contribution < 1.29 is 19.0 Å². The summed E-state index contributed by atoms with van der Waals surface area (Å²) in [5.74, 6) is 2.00. The number of nitrogens with one attached hydrogen (secondary N) is 1. The minimum absolute atomic E-state index is 0.267. The molecule has 0 bridgehead atoms. The van der Waals surface area contributed by atoms with Crippen LogP contribution < -0.4 is 19.5 Å². The molecule has 5 nitrogen and oxygen atoms in total. The largest absolute Gasteiger partial charge is 0.492 e. The van der Waals surface area contributed by atoms with Crippen LogP contribution in [0.15, 0.2) is 77.3 Å². The fourth-order valence-electron chi connectivity index (χ4n) is 2.78. The lowest BCUT2D eigenvalue weighted by molar-refractivity contribution is 0.102. The Morgan fingerprint density at radius 3 is 2.35 bits per heavy atom. The maximum absolute atomic E-state index is 13.0. The molecule has 0 saturated carbocycles. The SMILES string of the molecule is CC(C)COc1ccc(Br)cc1C(=O)Nc1ccccc1OCCOc1ccccc1. The number of hydrogen-bond donors (Lipinski definition) is 1. The van der Waals surface area contributed by atoms with Gasteiger partial charge in [0.05, 0.1) is 17.9 Å². The number of carbonyl (C=O) groups is 1. The first kappa shape index (κ1) is 22.7. The normalized spacial score (nSPS) is 10.6. The molecule has 162 valence electrons. The maximum Gasteiger partial charge on any atom is 0.259 e. The fraction of sp³-hybridized carbons (Fsp3) is 0.240. The molecule has 0 aliphatic rings. The van der Waals surface area contributed by atoms with Crippen LogP contribution in [-0.2, 0) is 0 Å². The highest BCUT2D eigenvalue weighted by molar-refractivity contribution is 9.10. The monoisotopic (exact) mass is 483 g/mol. The molecular weight excluding hydrogens is 458 g/mol. The lowest BCUT2D eigenvalue weighted by Crippen LogP contribution is -2.16. The van der Waals surface area contributed by atoms with Gasteiger partial charge in [0.2, 0.25) is 0 Å². The summed E-state index contributed by atoms with van der Waals surface area (Å²) < 4.78 is 18.1. The number of benzene rings is 3. The molecule has 0 aromatic heterocycles. The van der Waals surface area contributed by atoms with E-state index in [0.29, 0.717) is 48.5 Å². The maximum atomic E-state index is 13.0. The molecule has 0 atom stereocenters. The van der Waals surface area contributed by atoms with E-state index in [9.17, 15) is 4.79 Å². The summed E-state index contributed by atoms with van der Waals surface area (Å²) in [4.78, 5) is 13.0. The standard InChI is InChI=1S/C25H26BrNO4/c1-18(2)17-31-23-13-12-19(26)16-21(23)25(28)27-22-10-6-7-11-24(22)30-15-14-29-20-8-4-3-5-9-20/h3-13,16,18H,14-15,17H2,1-2H3,(H,27,28). The first-order valence-electron chi connectivity index (χ1n) is 10.2. The van der Waals surface area contributed by atoms with E-state index in [0.717, 1.165) is 10.2 Å². The number of amides is 1. The van der Waals surface area contributed by atoms with E-state index in [1.165, 1.54) is 0 Å². The van der Waals surface area contributed by atoms with Crippen molar-refractivity contribution in [3.8, 4) is 17.2 Å². The van der Waals surface area contributed by atoms with E-state index in [2.05, 4.69) is 35.1 Å². The van der Waals surface area contributed by atoms with Gasteiger partial charge in [0.1, 0.15) is 30.5 Å². The number of carbonyl (C=O) groups excluding carboxylic acids is 1. The molecule has 0 aliphatic heterocycles. The van der Waals surface area contributed by atoms with Crippen LogP contribution in [0, 0.1) is 5.92 Å². The highest BCUT2D eigenvalue weighted by Gasteiger charge is 2.16. The van der Waals surface area contributed by atoms with Gasteiger partial charge in [0.15, 0.2) is 0 Å². The zero-order valence-corrected chi connectivity index (χ0v) is 19.2. The Morgan fingerprint density at radius 2 is 1.58 bits per heavy atom. The number of halogens is 1. The minimum Gasteiger partial charge on any atom is -0.492 e. The topological polar surface area (TPSA) is 56.8 Å². The molecule has 6 heteroatoms. The van der Waals surface area contributed by atoms with Crippen molar-refractivity contribution in [3.05, 3.63) is 82.8 Å². The molecular formula is C25H26BrNO4. The molecule has 1 N–H and O–H groups in total. The summed E-state index contributed by atoms with van der Waals surface area (Å²) >= 11 is 3.43. The number of hydrogen-bond acceptors (Lipinski definition) is 4. The fourth-order valence-corrected chi connectivity index (χ4v) is 3.14. The van der Waals surface area contributed by atoms with Gasteiger partial charge in [0.25, 0.3) is 5.91 Å². The van der Waals surface area contributed by atoms with Gasteiger partial charge >= 0.3 is 0 Å². The summed E-state index contributed by atoms with van der Waals surface area (Å²) in [6, 6.07) is 22.3. The van der Waals surface area contributed by atoms with E-state index in [-0.39, 0.29) is 5.91 Å². The van der Waals surface area contributed by atoms with Gasteiger partial charge in [-0.3, -0.25) is 4.79 Å². The molecule has 31 heavy (non-hydrogen) atoms. The van der Waals surface area contributed by atoms with Crippen LogP contribution in [0.2, 0.25) is 0 Å². The predicted molar refractivity (Wildman–Crippen MR) is 126 cm³/mol. The molecule has 0 heterocycles.